The Morgan fingerprint density at radius 3 is 2.39 bits per heavy atom. The summed E-state index contributed by atoms with van der Waals surface area (Å²) in [7, 11) is 1.84. The number of anilines is 1. The van der Waals surface area contributed by atoms with Crippen molar-refractivity contribution >= 4 is 35.8 Å². The Hall–Kier alpha value is -1.13. The van der Waals surface area contributed by atoms with Crippen LogP contribution in [0.2, 0.25) is 0 Å². The van der Waals surface area contributed by atoms with Crippen LogP contribution in [0.1, 0.15) is 45.1 Å². The van der Waals surface area contributed by atoms with E-state index in [1.807, 2.05) is 13.2 Å². The lowest BCUT2D eigenvalue weighted by atomic mass is 9.92. The average molecular weight is 545 g/mol. The van der Waals surface area contributed by atoms with Gasteiger partial charge >= 0.3 is 0 Å². The molecule has 2 N–H and O–H groups in total. The van der Waals surface area contributed by atoms with Crippen LogP contribution in [0.5, 0.6) is 0 Å². The molecule has 1 unspecified atom stereocenters. The fraction of sp³-hybridized carbons (Fsp3) is 0.739. The number of nitrogens with zero attached hydrogens (tertiary/aromatic N) is 4. The van der Waals surface area contributed by atoms with E-state index in [-0.39, 0.29) is 24.0 Å². The van der Waals surface area contributed by atoms with Crippen molar-refractivity contribution in [1.82, 2.24) is 20.5 Å². The first-order chi connectivity index (χ1) is 14.7. The first-order valence-electron chi connectivity index (χ1n) is 11.7. The molecular weight excluding hydrogens is 503 g/mol. The van der Waals surface area contributed by atoms with Gasteiger partial charge in [0.25, 0.3) is 0 Å². The van der Waals surface area contributed by atoms with E-state index in [0.29, 0.717) is 12.0 Å². The minimum atomic E-state index is 0. The molecule has 0 amide bonds. The van der Waals surface area contributed by atoms with Crippen molar-refractivity contribution in [2.75, 3.05) is 57.9 Å². The van der Waals surface area contributed by atoms with E-state index in [4.69, 9.17) is 4.74 Å². The number of hydrogen-bond donors (Lipinski definition) is 2. The van der Waals surface area contributed by atoms with Gasteiger partial charge in [-0.25, -0.2) is 4.98 Å². The van der Waals surface area contributed by atoms with Crippen molar-refractivity contribution in [3.63, 3.8) is 0 Å². The number of hydrogen-bond acceptors (Lipinski definition) is 5. The smallest absolute Gasteiger partial charge is 0.191 e. The van der Waals surface area contributed by atoms with Crippen LogP contribution >= 0.6 is 24.0 Å². The van der Waals surface area contributed by atoms with Gasteiger partial charge in [-0.3, -0.25) is 9.89 Å². The van der Waals surface area contributed by atoms with Gasteiger partial charge in [-0.05, 0) is 30.4 Å². The maximum absolute atomic E-state index is 5.56. The summed E-state index contributed by atoms with van der Waals surface area (Å²) in [4.78, 5) is 14.0. The monoisotopic (exact) mass is 544 g/mol. The maximum Gasteiger partial charge on any atom is 0.191 e. The van der Waals surface area contributed by atoms with Crippen LogP contribution in [0.3, 0.4) is 0 Å². The van der Waals surface area contributed by atoms with E-state index < -0.39 is 0 Å². The van der Waals surface area contributed by atoms with Gasteiger partial charge in [0.05, 0.1) is 13.2 Å². The van der Waals surface area contributed by atoms with E-state index in [1.165, 1.54) is 31.2 Å². The summed E-state index contributed by atoms with van der Waals surface area (Å²) >= 11 is 0. The van der Waals surface area contributed by atoms with E-state index in [9.17, 15) is 0 Å². The number of halogens is 1. The Kier molecular flexibility index (Phi) is 11.9. The van der Waals surface area contributed by atoms with Crippen LogP contribution in [-0.2, 0) is 11.3 Å². The van der Waals surface area contributed by atoms with Gasteiger partial charge in [-0.2, -0.15) is 0 Å². The van der Waals surface area contributed by atoms with Gasteiger partial charge < -0.3 is 20.3 Å². The van der Waals surface area contributed by atoms with Crippen LogP contribution in [0.25, 0.3) is 0 Å². The Morgan fingerprint density at radius 1 is 1.10 bits per heavy atom. The Labute approximate surface area is 205 Å². The highest BCUT2D eigenvalue weighted by Crippen LogP contribution is 2.20. The lowest BCUT2D eigenvalue weighted by molar-refractivity contribution is 0.00272. The molecule has 1 aromatic heterocycles. The summed E-state index contributed by atoms with van der Waals surface area (Å²) in [5, 5.41) is 7.02. The quantitative estimate of drug-likeness (QED) is 0.283. The van der Waals surface area contributed by atoms with Crippen LogP contribution in [0.4, 0.5) is 5.82 Å². The lowest BCUT2D eigenvalue weighted by Crippen LogP contribution is -2.53. The molecule has 1 aromatic rings. The number of rotatable bonds is 9. The minimum Gasteiger partial charge on any atom is -0.379 e. The summed E-state index contributed by atoms with van der Waals surface area (Å²) in [5.74, 6) is 2.62. The van der Waals surface area contributed by atoms with E-state index >= 15 is 0 Å². The first kappa shape index (κ1) is 26.1. The summed E-state index contributed by atoms with van der Waals surface area (Å²) in [6.07, 6.45) is 6.92. The summed E-state index contributed by atoms with van der Waals surface area (Å²) in [6.45, 7) is 12.2. The average Bonchev–Trinajstić information content (AvgIpc) is 3.34. The topological polar surface area (TPSA) is 65.0 Å². The van der Waals surface area contributed by atoms with Crippen molar-refractivity contribution in [3.8, 4) is 0 Å². The molecule has 0 bridgehead atoms. The van der Waals surface area contributed by atoms with E-state index in [2.05, 4.69) is 56.4 Å². The predicted octanol–water partition coefficient (Wildman–Crippen LogP) is 3.10. The molecule has 2 aliphatic heterocycles. The zero-order valence-corrected chi connectivity index (χ0v) is 21.8. The minimum absolute atomic E-state index is 0. The molecule has 2 aliphatic rings. The van der Waals surface area contributed by atoms with Gasteiger partial charge in [0.2, 0.25) is 0 Å². The number of ether oxygens (including phenoxy) is 1. The molecule has 0 aromatic carbocycles. The fourth-order valence-electron chi connectivity index (χ4n) is 4.60. The second kappa shape index (κ2) is 14.1. The standard InChI is InChI=1S/C23H40N6O.HI/c1-4-20(5-2)21(28-12-14-30-15-13-28)18-27-23(24-3)26-17-19-8-9-22(25-16-19)29-10-6-7-11-29;/h8-9,16,20-21H,4-7,10-15,17-18H2,1-3H3,(H2,24,26,27);1H. The summed E-state index contributed by atoms with van der Waals surface area (Å²) in [5.41, 5.74) is 1.17. The highest BCUT2D eigenvalue weighted by Gasteiger charge is 2.27. The van der Waals surface area contributed by atoms with Gasteiger partial charge in [0.15, 0.2) is 5.96 Å². The molecule has 31 heavy (non-hydrogen) atoms. The zero-order chi connectivity index (χ0) is 21.2. The van der Waals surface area contributed by atoms with Crippen LogP contribution in [-0.4, -0.2) is 74.9 Å². The predicted molar refractivity (Wildman–Crippen MR) is 140 cm³/mol. The molecule has 2 fully saturated rings. The van der Waals surface area contributed by atoms with Crippen molar-refractivity contribution in [2.24, 2.45) is 10.9 Å². The third-order valence-corrected chi connectivity index (χ3v) is 6.51. The molecular formula is C23H41IN6O. The van der Waals surface area contributed by atoms with Crippen LogP contribution in [0.15, 0.2) is 23.3 Å². The molecule has 0 spiro atoms. The number of pyridine rings is 1. The highest BCUT2D eigenvalue weighted by atomic mass is 127. The van der Waals surface area contributed by atoms with Crippen LogP contribution < -0.4 is 15.5 Å². The lowest BCUT2D eigenvalue weighted by Gasteiger charge is -2.39. The highest BCUT2D eigenvalue weighted by molar-refractivity contribution is 14.0. The number of aliphatic imine (C=N–C) groups is 1. The van der Waals surface area contributed by atoms with E-state index in [0.717, 1.165) is 64.3 Å². The molecule has 3 rings (SSSR count). The SMILES string of the molecule is CCC(CC)C(CNC(=NC)NCc1ccc(N2CCCC2)nc1)N1CCOCC1.I. The Bertz CT molecular complexity index is 640. The van der Waals surface area contributed by atoms with Gasteiger partial charge in [-0.15, -0.1) is 24.0 Å². The molecule has 8 heteroatoms. The molecule has 0 radical (unpaired) electrons. The third kappa shape index (κ3) is 7.75. The fourth-order valence-corrected chi connectivity index (χ4v) is 4.60. The molecule has 0 saturated carbocycles. The van der Waals surface area contributed by atoms with Gasteiger partial charge in [0, 0.05) is 58.6 Å². The summed E-state index contributed by atoms with van der Waals surface area (Å²) < 4.78 is 5.56. The third-order valence-electron chi connectivity index (χ3n) is 6.51. The summed E-state index contributed by atoms with van der Waals surface area (Å²) in [6, 6.07) is 4.81. The number of morpholine rings is 1. The molecule has 0 aliphatic carbocycles. The normalized spacial score (nSPS) is 18.7. The van der Waals surface area contributed by atoms with Crippen LogP contribution in [0, 0.1) is 5.92 Å². The number of aromatic nitrogens is 1. The molecule has 2 saturated heterocycles. The second-order valence-corrected chi connectivity index (χ2v) is 8.32. The van der Waals surface area contributed by atoms with Crippen molar-refractivity contribution in [2.45, 2.75) is 52.1 Å². The van der Waals surface area contributed by atoms with Crippen molar-refractivity contribution < 1.29 is 4.74 Å². The van der Waals surface area contributed by atoms with Gasteiger partial charge in [0.1, 0.15) is 5.82 Å². The molecule has 7 nitrogen and oxygen atoms in total. The molecule has 3 heterocycles. The molecule has 176 valence electrons. The number of nitrogens with one attached hydrogen (secondary N) is 2. The maximum atomic E-state index is 5.56. The van der Waals surface area contributed by atoms with Crippen molar-refractivity contribution in [1.29, 1.82) is 0 Å². The Balaban J connectivity index is 0.00000341. The van der Waals surface area contributed by atoms with E-state index in [1.54, 1.807) is 0 Å². The molecule has 1 atom stereocenters. The van der Waals surface area contributed by atoms with Gasteiger partial charge in [-0.1, -0.05) is 32.8 Å². The van der Waals surface area contributed by atoms with Crippen molar-refractivity contribution in [3.05, 3.63) is 23.9 Å². The Morgan fingerprint density at radius 2 is 1.81 bits per heavy atom. The zero-order valence-electron chi connectivity index (χ0n) is 19.5. The largest absolute Gasteiger partial charge is 0.379 e. The first-order valence-corrected chi connectivity index (χ1v) is 11.7. The second-order valence-electron chi connectivity index (χ2n) is 8.32. The number of guanidine groups is 1.